The number of rotatable bonds is 3. The minimum Gasteiger partial charge on any atom is -0.427 e. The number of nitrogen functional groups attached to an aromatic ring is 1. The van der Waals surface area contributed by atoms with Gasteiger partial charge in [-0.3, -0.25) is 4.79 Å². The summed E-state index contributed by atoms with van der Waals surface area (Å²) >= 11 is 0. The summed E-state index contributed by atoms with van der Waals surface area (Å²) in [6, 6.07) is 6.28. The van der Waals surface area contributed by atoms with Crippen LogP contribution in [0.4, 0.5) is 5.69 Å². The predicted molar refractivity (Wildman–Crippen MR) is 66.7 cm³/mol. The van der Waals surface area contributed by atoms with E-state index < -0.39 is 17.4 Å². The standard InChI is InChI=1S/C13H17NO4/c1-13(2,3)12(16)18-8-17-11(15)9-4-6-10(14)7-5-9/h4-7H,8,14H2,1-3H3. The van der Waals surface area contributed by atoms with E-state index in [2.05, 4.69) is 0 Å². The van der Waals surface area contributed by atoms with Crippen molar-refractivity contribution in [2.24, 2.45) is 5.41 Å². The quantitative estimate of drug-likeness (QED) is 0.505. The zero-order chi connectivity index (χ0) is 13.8. The highest BCUT2D eigenvalue weighted by atomic mass is 16.7. The van der Waals surface area contributed by atoms with E-state index in [1.165, 1.54) is 0 Å². The first-order chi connectivity index (χ1) is 8.30. The molecule has 0 spiro atoms. The number of benzene rings is 1. The number of carbonyl (C=O) groups is 2. The fourth-order valence-corrected chi connectivity index (χ4v) is 1.06. The van der Waals surface area contributed by atoms with Gasteiger partial charge in [-0.2, -0.15) is 0 Å². The van der Waals surface area contributed by atoms with Crippen molar-refractivity contribution in [2.45, 2.75) is 20.8 Å². The topological polar surface area (TPSA) is 78.6 Å². The van der Waals surface area contributed by atoms with E-state index in [0.29, 0.717) is 11.3 Å². The zero-order valence-corrected chi connectivity index (χ0v) is 10.7. The van der Waals surface area contributed by atoms with Crippen molar-refractivity contribution in [1.82, 2.24) is 0 Å². The highest BCUT2D eigenvalue weighted by molar-refractivity contribution is 5.89. The zero-order valence-electron chi connectivity index (χ0n) is 10.7. The molecule has 0 saturated carbocycles. The highest BCUT2D eigenvalue weighted by Gasteiger charge is 2.23. The fourth-order valence-electron chi connectivity index (χ4n) is 1.06. The van der Waals surface area contributed by atoms with Gasteiger partial charge in [0.05, 0.1) is 11.0 Å². The molecule has 1 aromatic rings. The van der Waals surface area contributed by atoms with Crippen LogP contribution in [0.1, 0.15) is 31.1 Å². The van der Waals surface area contributed by atoms with Crippen LogP contribution in [0.2, 0.25) is 0 Å². The lowest BCUT2D eigenvalue weighted by Gasteiger charge is -2.16. The van der Waals surface area contributed by atoms with Crippen LogP contribution in [0.3, 0.4) is 0 Å². The molecule has 0 aliphatic heterocycles. The van der Waals surface area contributed by atoms with Gasteiger partial charge in [0.25, 0.3) is 0 Å². The van der Waals surface area contributed by atoms with E-state index in [9.17, 15) is 9.59 Å². The van der Waals surface area contributed by atoms with Crippen molar-refractivity contribution in [2.75, 3.05) is 12.5 Å². The monoisotopic (exact) mass is 251 g/mol. The first-order valence-electron chi connectivity index (χ1n) is 5.50. The van der Waals surface area contributed by atoms with Gasteiger partial charge in [-0.15, -0.1) is 0 Å². The molecule has 0 aliphatic carbocycles. The number of carbonyl (C=O) groups excluding carboxylic acids is 2. The Kier molecular flexibility index (Phi) is 4.31. The molecule has 5 nitrogen and oxygen atoms in total. The maximum absolute atomic E-state index is 11.5. The van der Waals surface area contributed by atoms with E-state index in [-0.39, 0.29) is 6.79 Å². The second kappa shape index (κ2) is 5.53. The SMILES string of the molecule is CC(C)(C)C(=O)OCOC(=O)c1ccc(N)cc1. The maximum atomic E-state index is 11.5. The predicted octanol–water partition coefficient (Wildman–Crippen LogP) is 1.97. The van der Waals surface area contributed by atoms with Crippen molar-refractivity contribution < 1.29 is 19.1 Å². The normalized spacial score (nSPS) is 10.8. The number of hydrogen-bond acceptors (Lipinski definition) is 5. The van der Waals surface area contributed by atoms with Gasteiger partial charge in [-0.05, 0) is 45.0 Å². The van der Waals surface area contributed by atoms with Crippen molar-refractivity contribution in [1.29, 1.82) is 0 Å². The Labute approximate surface area is 106 Å². The Morgan fingerprint density at radius 1 is 1.11 bits per heavy atom. The molecule has 0 aliphatic rings. The minimum absolute atomic E-state index is 0.357. The molecule has 18 heavy (non-hydrogen) atoms. The summed E-state index contributed by atoms with van der Waals surface area (Å²) in [5.74, 6) is -0.982. The second-order valence-corrected chi connectivity index (χ2v) is 4.85. The van der Waals surface area contributed by atoms with Gasteiger partial charge < -0.3 is 15.2 Å². The molecule has 0 bridgehead atoms. The van der Waals surface area contributed by atoms with Gasteiger partial charge in [0.2, 0.25) is 6.79 Å². The summed E-state index contributed by atoms with van der Waals surface area (Å²) in [6.45, 7) is 4.77. The number of anilines is 1. The summed E-state index contributed by atoms with van der Waals surface area (Å²) in [5, 5.41) is 0. The van der Waals surface area contributed by atoms with Crippen LogP contribution in [0.15, 0.2) is 24.3 Å². The Hall–Kier alpha value is -2.04. The minimum atomic E-state index is -0.617. The fraction of sp³-hybridized carbons (Fsp3) is 0.385. The van der Waals surface area contributed by atoms with Crippen LogP contribution in [0.25, 0.3) is 0 Å². The molecule has 0 aromatic heterocycles. The molecule has 1 aromatic carbocycles. The summed E-state index contributed by atoms with van der Waals surface area (Å²) < 4.78 is 9.63. The van der Waals surface area contributed by atoms with Crippen molar-refractivity contribution in [3.05, 3.63) is 29.8 Å². The van der Waals surface area contributed by atoms with E-state index in [1.807, 2.05) is 0 Å². The second-order valence-electron chi connectivity index (χ2n) is 4.85. The molecule has 0 fully saturated rings. The Balaban J connectivity index is 2.43. The number of nitrogens with two attached hydrogens (primary N) is 1. The van der Waals surface area contributed by atoms with Crippen LogP contribution in [0.5, 0.6) is 0 Å². The first-order valence-corrected chi connectivity index (χ1v) is 5.50. The molecule has 2 N–H and O–H groups in total. The Morgan fingerprint density at radius 3 is 2.17 bits per heavy atom. The molecule has 1 rings (SSSR count). The molecule has 0 radical (unpaired) electrons. The molecular weight excluding hydrogens is 234 g/mol. The summed E-state index contributed by atoms with van der Waals surface area (Å²) in [7, 11) is 0. The van der Waals surface area contributed by atoms with Gasteiger partial charge in [0.1, 0.15) is 0 Å². The molecule has 0 atom stereocenters. The highest BCUT2D eigenvalue weighted by Crippen LogP contribution is 2.15. The third-order valence-corrected chi connectivity index (χ3v) is 2.14. The van der Waals surface area contributed by atoms with Gasteiger partial charge in [0.15, 0.2) is 0 Å². The third-order valence-electron chi connectivity index (χ3n) is 2.14. The summed E-state index contributed by atoms with van der Waals surface area (Å²) in [6.07, 6.45) is 0. The Bertz CT molecular complexity index is 431. The van der Waals surface area contributed by atoms with Crippen LogP contribution in [0, 0.1) is 5.41 Å². The lowest BCUT2D eigenvalue weighted by molar-refractivity contribution is -0.161. The van der Waals surface area contributed by atoms with Gasteiger partial charge in [-0.1, -0.05) is 0 Å². The average Bonchev–Trinajstić information content (AvgIpc) is 2.28. The first kappa shape index (κ1) is 14.0. The van der Waals surface area contributed by atoms with Crippen molar-refractivity contribution >= 4 is 17.6 Å². The number of esters is 2. The van der Waals surface area contributed by atoms with Gasteiger partial charge in [0, 0.05) is 5.69 Å². The Morgan fingerprint density at radius 2 is 1.67 bits per heavy atom. The van der Waals surface area contributed by atoms with E-state index in [0.717, 1.165) is 0 Å². The lowest BCUT2D eigenvalue weighted by Crippen LogP contribution is -2.24. The van der Waals surface area contributed by atoms with Crippen LogP contribution in [-0.2, 0) is 14.3 Å². The van der Waals surface area contributed by atoms with E-state index in [1.54, 1.807) is 45.0 Å². The van der Waals surface area contributed by atoms with E-state index >= 15 is 0 Å². The average molecular weight is 251 g/mol. The van der Waals surface area contributed by atoms with Crippen molar-refractivity contribution in [3.63, 3.8) is 0 Å². The molecule has 0 heterocycles. The van der Waals surface area contributed by atoms with Crippen molar-refractivity contribution in [3.8, 4) is 0 Å². The lowest BCUT2D eigenvalue weighted by atomic mass is 9.98. The molecule has 0 saturated heterocycles. The van der Waals surface area contributed by atoms with Gasteiger partial charge >= 0.3 is 11.9 Å². The van der Waals surface area contributed by atoms with Crippen LogP contribution >= 0.6 is 0 Å². The molecule has 0 unspecified atom stereocenters. The maximum Gasteiger partial charge on any atom is 0.341 e. The molecule has 0 amide bonds. The summed E-state index contributed by atoms with van der Waals surface area (Å²) in [5.41, 5.74) is 5.79. The molecule has 98 valence electrons. The van der Waals surface area contributed by atoms with Gasteiger partial charge in [-0.25, -0.2) is 4.79 Å². The number of hydrogen-bond donors (Lipinski definition) is 1. The smallest absolute Gasteiger partial charge is 0.341 e. The van der Waals surface area contributed by atoms with Crippen LogP contribution in [-0.4, -0.2) is 18.7 Å². The number of ether oxygens (including phenoxy) is 2. The molecular formula is C13H17NO4. The largest absolute Gasteiger partial charge is 0.427 e. The molecule has 5 heteroatoms. The summed E-state index contributed by atoms with van der Waals surface area (Å²) in [4.78, 5) is 22.9. The third kappa shape index (κ3) is 4.08. The van der Waals surface area contributed by atoms with Crippen LogP contribution < -0.4 is 5.73 Å². The van der Waals surface area contributed by atoms with E-state index in [4.69, 9.17) is 15.2 Å².